The van der Waals surface area contributed by atoms with E-state index in [4.69, 9.17) is 10.5 Å². The molecule has 0 spiro atoms. The van der Waals surface area contributed by atoms with E-state index < -0.39 is 5.54 Å². The molecule has 0 aliphatic rings. The summed E-state index contributed by atoms with van der Waals surface area (Å²) in [7, 11) is 1.71. The van der Waals surface area contributed by atoms with Crippen molar-refractivity contribution in [3.8, 4) is 5.75 Å². The van der Waals surface area contributed by atoms with Crippen LogP contribution in [0.5, 0.6) is 5.75 Å². The van der Waals surface area contributed by atoms with Crippen LogP contribution in [0.2, 0.25) is 0 Å². The van der Waals surface area contributed by atoms with Crippen LogP contribution in [0.3, 0.4) is 0 Å². The Labute approximate surface area is 127 Å². The predicted octanol–water partition coefficient (Wildman–Crippen LogP) is 4.10. The van der Waals surface area contributed by atoms with E-state index in [9.17, 15) is 0 Å². The smallest absolute Gasteiger partial charge is 0.127 e. The molecule has 2 aromatic carbocycles. The topological polar surface area (TPSA) is 35.2 Å². The van der Waals surface area contributed by atoms with Crippen molar-refractivity contribution in [2.45, 2.75) is 39.7 Å². The molecule has 0 amide bonds. The fourth-order valence-electron chi connectivity index (χ4n) is 2.70. The van der Waals surface area contributed by atoms with Crippen LogP contribution < -0.4 is 10.5 Å². The van der Waals surface area contributed by atoms with Gasteiger partial charge in [-0.05, 0) is 49.4 Å². The van der Waals surface area contributed by atoms with Gasteiger partial charge in [-0.15, -0.1) is 0 Å². The Hall–Kier alpha value is -1.80. The van der Waals surface area contributed by atoms with Crippen molar-refractivity contribution in [1.82, 2.24) is 0 Å². The molecule has 0 aliphatic carbocycles. The van der Waals surface area contributed by atoms with Gasteiger partial charge in [-0.25, -0.2) is 0 Å². The molecule has 112 valence electrons. The zero-order valence-corrected chi connectivity index (χ0v) is 13.7. The van der Waals surface area contributed by atoms with Gasteiger partial charge < -0.3 is 10.5 Å². The second-order valence-electron chi connectivity index (χ2n) is 5.84. The molecule has 0 bridgehead atoms. The number of methoxy groups -OCH3 is 1. The Morgan fingerprint density at radius 2 is 1.67 bits per heavy atom. The van der Waals surface area contributed by atoms with Crippen molar-refractivity contribution in [3.05, 3.63) is 64.2 Å². The normalized spacial score (nSPS) is 13.8. The monoisotopic (exact) mass is 283 g/mol. The van der Waals surface area contributed by atoms with Crippen LogP contribution in [0.25, 0.3) is 0 Å². The highest BCUT2D eigenvalue weighted by Crippen LogP contribution is 2.36. The van der Waals surface area contributed by atoms with E-state index in [1.165, 1.54) is 11.1 Å². The Morgan fingerprint density at radius 3 is 2.19 bits per heavy atom. The van der Waals surface area contributed by atoms with Crippen molar-refractivity contribution in [2.24, 2.45) is 5.73 Å². The lowest BCUT2D eigenvalue weighted by Crippen LogP contribution is -2.35. The molecular formula is C19H25NO. The molecule has 0 aromatic heterocycles. The van der Waals surface area contributed by atoms with Gasteiger partial charge in [0.1, 0.15) is 5.75 Å². The quantitative estimate of drug-likeness (QED) is 0.917. The molecule has 2 nitrogen and oxygen atoms in total. The maximum atomic E-state index is 6.67. The maximum Gasteiger partial charge on any atom is 0.127 e. The van der Waals surface area contributed by atoms with E-state index in [0.717, 1.165) is 28.9 Å². The van der Waals surface area contributed by atoms with Crippen molar-refractivity contribution < 1.29 is 4.74 Å². The summed E-state index contributed by atoms with van der Waals surface area (Å²) in [5, 5.41) is 0. The third-order valence-corrected chi connectivity index (χ3v) is 4.40. The van der Waals surface area contributed by atoms with Gasteiger partial charge in [0, 0.05) is 5.56 Å². The summed E-state index contributed by atoms with van der Waals surface area (Å²) in [6.07, 6.45) is 1.04. The number of benzene rings is 2. The van der Waals surface area contributed by atoms with Gasteiger partial charge in [0.25, 0.3) is 0 Å². The number of nitrogens with two attached hydrogens (primary N) is 1. The average Bonchev–Trinajstić information content (AvgIpc) is 2.49. The van der Waals surface area contributed by atoms with Gasteiger partial charge in [0.05, 0.1) is 12.6 Å². The summed E-state index contributed by atoms with van der Waals surface area (Å²) in [6.45, 7) is 8.36. The first kappa shape index (κ1) is 15.6. The first-order valence-electron chi connectivity index (χ1n) is 7.44. The summed E-state index contributed by atoms with van der Waals surface area (Å²) in [4.78, 5) is 0. The Morgan fingerprint density at radius 1 is 1.05 bits per heavy atom. The molecule has 0 heterocycles. The second kappa shape index (κ2) is 5.90. The van der Waals surface area contributed by atoms with Gasteiger partial charge in [0.15, 0.2) is 0 Å². The lowest BCUT2D eigenvalue weighted by atomic mass is 9.83. The lowest BCUT2D eigenvalue weighted by Gasteiger charge is -2.29. The summed E-state index contributed by atoms with van der Waals surface area (Å²) < 4.78 is 5.63. The highest BCUT2D eigenvalue weighted by Gasteiger charge is 2.28. The van der Waals surface area contributed by atoms with Crippen LogP contribution in [0.15, 0.2) is 36.4 Å². The van der Waals surface area contributed by atoms with Crippen LogP contribution in [0.1, 0.15) is 41.7 Å². The van der Waals surface area contributed by atoms with E-state index >= 15 is 0 Å². The fourth-order valence-corrected chi connectivity index (χ4v) is 2.70. The predicted molar refractivity (Wildman–Crippen MR) is 88.9 cm³/mol. The Kier molecular flexibility index (Phi) is 4.38. The Balaban J connectivity index is 2.54. The highest BCUT2D eigenvalue weighted by molar-refractivity contribution is 5.52. The molecule has 1 unspecified atom stereocenters. The van der Waals surface area contributed by atoms with Gasteiger partial charge in [0.2, 0.25) is 0 Å². The van der Waals surface area contributed by atoms with Gasteiger partial charge in [-0.3, -0.25) is 0 Å². The van der Waals surface area contributed by atoms with Crippen LogP contribution >= 0.6 is 0 Å². The van der Waals surface area contributed by atoms with Crippen LogP contribution in [-0.4, -0.2) is 7.11 Å². The summed E-state index contributed by atoms with van der Waals surface area (Å²) in [5.41, 5.74) is 11.9. The molecule has 2 N–H and O–H groups in total. The molecule has 2 aromatic rings. The number of rotatable bonds is 4. The zero-order chi connectivity index (χ0) is 15.6. The molecule has 0 saturated heterocycles. The number of hydrogen-bond acceptors (Lipinski definition) is 2. The summed E-state index contributed by atoms with van der Waals surface area (Å²) in [5.74, 6) is 0.888. The minimum Gasteiger partial charge on any atom is -0.496 e. The highest BCUT2D eigenvalue weighted by atomic mass is 16.5. The van der Waals surface area contributed by atoms with Gasteiger partial charge >= 0.3 is 0 Å². The molecule has 21 heavy (non-hydrogen) atoms. The minimum absolute atomic E-state index is 0.573. The minimum atomic E-state index is -0.573. The molecule has 0 fully saturated rings. The van der Waals surface area contributed by atoms with Gasteiger partial charge in [-0.1, -0.05) is 43.3 Å². The molecule has 0 radical (unpaired) electrons. The zero-order valence-electron chi connectivity index (χ0n) is 13.7. The van der Waals surface area contributed by atoms with E-state index in [-0.39, 0.29) is 0 Å². The number of aryl methyl sites for hydroxylation is 2. The van der Waals surface area contributed by atoms with Crippen molar-refractivity contribution >= 4 is 0 Å². The SMILES string of the molecule is CCc1ccc(C(C)(N)c2ccc(C)c(C)c2OC)cc1. The molecule has 2 heteroatoms. The molecule has 0 saturated carbocycles. The first-order chi connectivity index (χ1) is 9.91. The second-order valence-corrected chi connectivity index (χ2v) is 5.84. The summed E-state index contributed by atoms with van der Waals surface area (Å²) in [6, 6.07) is 12.7. The van der Waals surface area contributed by atoms with Gasteiger partial charge in [-0.2, -0.15) is 0 Å². The molecule has 0 aliphatic heterocycles. The van der Waals surface area contributed by atoms with E-state index in [2.05, 4.69) is 57.2 Å². The maximum absolute atomic E-state index is 6.67. The van der Waals surface area contributed by atoms with Crippen molar-refractivity contribution in [3.63, 3.8) is 0 Å². The third-order valence-electron chi connectivity index (χ3n) is 4.40. The van der Waals surface area contributed by atoms with Crippen molar-refractivity contribution in [1.29, 1.82) is 0 Å². The standard InChI is InChI=1S/C19H25NO/c1-6-15-8-10-16(11-9-15)19(4,20)17-12-7-13(2)14(3)18(17)21-5/h7-12H,6,20H2,1-5H3. The largest absolute Gasteiger partial charge is 0.496 e. The molecular weight excluding hydrogens is 258 g/mol. The van der Waals surface area contributed by atoms with Crippen LogP contribution in [0.4, 0.5) is 0 Å². The lowest BCUT2D eigenvalue weighted by molar-refractivity contribution is 0.395. The molecule has 2 rings (SSSR count). The van der Waals surface area contributed by atoms with Crippen LogP contribution in [-0.2, 0) is 12.0 Å². The third kappa shape index (κ3) is 2.81. The fraction of sp³-hybridized carbons (Fsp3) is 0.368. The average molecular weight is 283 g/mol. The van der Waals surface area contributed by atoms with E-state index in [0.29, 0.717) is 0 Å². The van der Waals surface area contributed by atoms with E-state index in [1.54, 1.807) is 7.11 Å². The molecule has 1 atom stereocenters. The van der Waals surface area contributed by atoms with Crippen LogP contribution in [0, 0.1) is 13.8 Å². The first-order valence-corrected chi connectivity index (χ1v) is 7.44. The van der Waals surface area contributed by atoms with Crippen molar-refractivity contribution in [2.75, 3.05) is 7.11 Å². The number of ether oxygens (including phenoxy) is 1. The number of hydrogen-bond donors (Lipinski definition) is 1. The Bertz CT molecular complexity index is 627. The van der Waals surface area contributed by atoms with E-state index in [1.807, 2.05) is 6.92 Å². The summed E-state index contributed by atoms with van der Waals surface area (Å²) >= 11 is 0.